The van der Waals surface area contributed by atoms with Gasteiger partial charge >= 0.3 is 7.05 Å². The molecule has 0 radical (unpaired) electrons. The summed E-state index contributed by atoms with van der Waals surface area (Å²) in [4.78, 5) is 13.2. The number of Topliss-reactive ketones (excluding diaryl/α,β-unsaturated/α-hetero) is 1. The molecule has 1 atom stereocenters. The van der Waals surface area contributed by atoms with Crippen LogP contribution in [-0.4, -0.2) is 29.2 Å². The summed E-state index contributed by atoms with van der Waals surface area (Å²) in [5, 5.41) is 9.58. The number of carbonyl (C=O) groups excluding carboxylic acids is 1. The number of rotatable bonds is 2. The van der Waals surface area contributed by atoms with Crippen molar-refractivity contribution in [2.45, 2.75) is 19.3 Å². The summed E-state index contributed by atoms with van der Waals surface area (Å²) < 4.78 is 0. The fraction of sp³-hybridized carbons (Fsp3) is 0.364. The molecular formula is C11H14BNO2. The molecule has 1 aromatic rings. The van der Waals surface area contributed by atoms with Crippen LogP contribution < -0.4 is 0 Å². The van der Waals surface area contributed by atoms with Gasteiger partial charge in [0, 0.05) is 19.0 Å². The molecule has 1 aliphatic rings. The third-order valence-corrected chi connectivity index (χ3v) is 2.84. The van der Waals surface area contributed by atoms with Crippen LogP contribution in [0.25, 0.3) is 0 Å². The Kier molecular flexibility index (Phi) is 2.89. The van der Waals surface area contributed by atoms with Crippen LogP contribution in [0.15, 0.2) is 30.3 Å². The van der Waals surface area contributed by atoms with E-state index in [1.54, 1.807) is 6.82 Å². The Hall–Kier alpha value is -1.13. The Labute approximate surface area is 89.8 Å². The van der Waals surface area contributed by atoms with E-state index >= 15 is 0 Å². The van der Waals surface area contributed by atoms with Gasteiger partial charge in [0.1, 0.15) is 5.78 Å². The first-order valence-corrected chi connectivity index (χ1v) is 5.19. The molecule has 1 fully saturated rings. The van der Waals surface area contributed by atoms with Crippen LogP contribution in [0.3, 0.4) is 0 Å². The molecule has 1 heterocycles. The second-order valence-electron chi connectivity index (χ2n) is 3.97. The summed E-state index contributed by atoms with van der Waals surface area (Å²) in [6, 6.07) is 9.90. The highest BCUT2D eigenvalue weighted by atomic mass is 16.2. The van der Waals surface area contributed by atoms with Crippen molar-refractivity contribution in [1.82, 2.24) is 4.81 Å². The van der Waals surface area contributed by atoms with E-state index in [0.717, 1.165) is 5.56 Å². The first-order chi connectivity index (χ1) is 7.18. The molecule has 0 saturated carbocycles. The minimum atomic E-state index is -0.568. The van der Waals surface area contributed by atoms with Crippen LogP contribution in [-0.2, 0) is 4.79 Å². The zero-order chi connectivity index (χ0) is 10.8. The number of benzene rings is 1. The highest BCUT2D eigenvalue weighted by Crippen LogP contribution is 2.30. The van der Waals surface area contributed by atoms with Crippen molar-refractivity contribution in [2.24, 2.45) is 0 Å². The standard InChI is InChI=1S/C11H14BNO2/c1-12(15)13-8-10(14)7-11(13)9-5-3-2-4-6-9/h2-6,11,15H,7-8H2,1H3/t11-/m0/s1. The van der Waals surface area contributed by atoms with Crippen molar-refractivity contribution in [3.8, 4) is 0 Å². The molecule has 0 aromatic heterocycles. The number of carbonyl (C=O) groups is 1. The molecule has 1 aliphatic heterocycles. The van der Waals surface area contributed by atoms with Gasteiger partial charge in [-0.2, -0.15) is 0 Å². The molecule has 78 valence electrons. The largest absolute Gasteiger partial charge is 0.437 e. The molecule has 1 N–H and O–H groups in total. The normalized spacial score (nSPS) is 22.0. The third-order valence-electron chi connectivity index (χ3n) is 2.84. The molecule has 1 saturated heterocycles. The molecule has 0 amide bonds. The molecule has 4 heteroatoms. The minimum Gasteiger partial charge on any atom is -0.437 e. The Morgan fingerprint density at radius 1 is 1.40 bits per heavy atom. The van der Waals surface area contributed by atoms with Crippen LogP contribution in [0, 0.1) is 0 Å². The van der Waals surface area contributed by atoms with E-state index in [2.05, 4.69) is 0 Å². The Morgan fingerprint density at radius 3 is 2.67 bits per heavy atom. The summed E-state index contributed by atoms with van der Waals surface area (Å²) in [6.07, 6.45) is 0.509. The molecule has 0 aliphatic carbocycles. The van der Waals surface area contributed by atoms with Crippen LogP contribution in [0.2, 0.25) is 6.82 Å². The second-order valence-corrected chi connectivity index (χ2v) is 3.97. The Morgan fingerprint density at radius 2 is 2.07 bits per heavy atom. The first kappa shape index (κ1) is 10.4. The zero-order valence-corrected chi connectivity index (χ0v) is 8.76. The lowest BCUT2D eigenvalue weighted by Crippen LogP contribution is -2.36. The predicted octanol–water partition coefficient (Wildman–Crippen LogP) is 1.11. The van der Waals surface area contributed by atoms with Gasteiger partial charge in [0.2, 0.25) is 0 Å². The lowest BCUT2D eigenvalue weighted by molar-refractivity contribution is -0.116. The van der Waals surface area contributed by atoms with Crippen LogP contribution >= 0.6 is 0 Å². The second kappa shape index (κ2) is 4.17. The minimum absolute atomic E-state index is 0.0405. The molecular weight excluding hydrogens is 189 g/mol. The number of hydrogen-bond donors (Lipinski definition) is 1. The average Bonchev–Trinajstić information content (AvgIpc) is 2.62. The maximum atomic E-state index is 11.4. The summed E-state index contributed by atoms with van der Waals surface area (Å²) >= 11 is 0. The highest BCUT2D eigenvalue weighted by molar-refractivity contribution is 6.46. The number of nitrogens with zero attached hydrogens (tertiary/aromatic N) is 1. The van der Waals surface area contributed by atoms with Gasteiger partial charge in [0.15, 0.2) is 0 Å². The summed E-state index contributed by atoms with van der Waals surface area (Å²) in [5.74, 6) is 0.199. The Bertz CT molecular complexity index is 353. The summed E-state index contributed by atoms with van der Waals surface area (Å²) in [5.41, 5.74) is 1.10. The fourth-order valence-corrected chi connectivity index (χ4v) is 2.09. The molecule has 0 bridgehead atoms. The quantitative estimate of drug-likeness (QED) is 0.732. The van der Waals surface area contributed by atoms with Crippen molar-refractivity contribution in [3.05, 3.63) is 35.9 Å². The van der Waals surface area contributed by atoms with Gasteiger partial charge < -0.3 is 9.83 Å². The lowest BCUT2D eigenvalue weighted by Gasteiger charge is -2.24. The van der Waals surface area contributed by atoms with Gasteiger partial charge in [0.05, 0.1) is 0 Å². The van der Waals surface area contributed by atoms with Gasteiger partial charge in [-0.1, -0.05) is 30.3 Å². The van der Waals surface area contributed by atoms with Gasteiger partial charge in [-0.25, -0.2) is 0 Å². The molecule has 0 unspecified atom stereocenters. The predicted molar refractivity (Wildman–Crippen MR) is 59.3 cm³/mol. The van der Waals surface area contributed by atoms with Crippen molar-refractivity contribution in [1.29, 1.82) is 0 Å². The average molecular weight is 203 g/mol. The topological polar surface area (TPSA) is 40.5 Å². The van der Waals surface area contributed by atoms with Crippen molar-refractivity contribution in [3.63, 3.8) is 0 Å². The van der Waals surface area contributed by atoms with E-state index in [1.807, 2.05) is 35.1 Å². The SMILES string of the molecule is CB(O)N1CC(=O)C[C@H]1c1ccccc1. The van der Waals surface area contributed by atoms with Gasteiger partial charge in [-0.15, -0.1) is 0 Å². The zero-order valence-electron chi connectivity index (χ0n) is 8.76. The van der Waals surface area contributed by atoms with Crippen LogP contribution in [0.5, 0.6) is 0 Å². The highest BCUT2D eigenvalue weighted by Gasteiger charge is 2.35. The summed E-state index contributed by atoms with van der Waals surface area (Å²) in [6.45, 7) is 2.06. The molecule has 3 nitrogen and oxygen atoms in total. The lowest BCUT2D eigenvalue weighted by atomic mass is 9.83. The van der Waals surface area contributed by atoms with E-state index < -0.39 is 7.05 Å². The maximum Gasteiger partial charge on any atom is 0.377 e. The number of hydrogen-bond acceptors (Lipinski definition) is 3. The van der Waals surface area contributed by atoms with E-state index in [9.17, 15) is 9.82 Å². The van der Waals surface area contributed by atoms with E-state index in [4.69, 9.17) is 0 Å². The molecule has 0 spiro atoms. The van der Waals surface area contributed by atoms with Gasteiger partial charge in [-0.3, -0.25) is 4.79 Å². The maximum absolute atomic E-state index is 11.4. The van der Waals surface area contributed by atoms with E-state index in [-0.39, 0.29) is 11.8 Å². The van der Waals surface area contributed by atoms with Crippen molar-refractivity contribution in [2.75, 3.05) is 6.54 Å². The van der Waals surface area contributed by atoms with Crippen molar-refractivity contribution < 1.29 is 9.82 Å². The first-order valence-electron chi connectivity index (χ1n) is 5.19. The van der Waals surface area contributed by atoms with Crippen molar-refractivity contribution >= 4 is 12.8 Å². The molecule has 1 aromatic carbocycles. The van der Waals surface area contributed by atoms with Crippen LogP contribution in [0.4, 0.5) is 0 Å². The summed E-state index contributed by atoms with van der Waals surface area (Å²) in [7, 11) is -0.568. The van der Waals surface area contributed by atoms with Gasteiger partial charge in [-0.05, 0) is 12.4 Å². The van der Waals surface area contributed by atoms with Gasteiger partial charge in [0.25, 0.3) is 0 Å². The fourth-order valence-electron chi connectivity index (χ4n) is 2.09. The monoisotopic (exact) mass is 203 g/mol. The number of ketones is 1. The third kappa shape index (κ3) is 2.11. The van der Waals surface area contributed by atoms with E-state index in [0.29, 0.717) is 13.0 Å². The molecule has 15 heavy (non-hydrogen) atoms. The Balaban J connectivity index is 2.24. The van der Waals surface area contributed by atoms with E-state index in [1.165, 1.54) is 0 Å². The molecule has 2 rings (SSSR count). The smallest absolute Gasteiger partial charge is 0.377 e. The van der Waals surface area contributed by atoms with Crippen LogP contribution in [0.1, 0.15) is 18.0 Å².